The van der Waals surface area contributed by atoms with Crippen molar-refractivity contribution in [3.05, 3.63) is 54.7 Å². The molecule has 0 unspecified atom stereocenters. The number of fused-ring (bicyclic) bond motifs is 1. The molecular weight excluding hydrogens is 308 g/mol. The molecule has 2 heterocycles. The van der Waals surface area contributed by atoms with E-state index < -0.39 is 0 Å². The molecule has 3 rings (SSSR count). The fourth-order valence-electron chi connectivity index (χ4n) is 2.40. The van der Waals surface area contributed by atoms with Crippen molar-refractivity contribution in [1.82, 2.24) is 14.6 Å². The molecule has 0 aliphatic rings. The van der Waals surface area contributed by atoms with Crippen molar-refractivity contribution in [2.75, 3.05) is 11.4 Å². The number of para-hydroxylation sites is 1. The molecule has 0 radical (unpaired) electrons. The van der Waals surface area contributed by atoms with Gasteiger partial charge in [0, 0.05) is 18.4 Å². The summed E-state index contributed by atoms with van der Waals surface area (Å²) < 4.78 is 1.90. The predicted molar refractivity (Wildman–Crippen MR) is 92.8 cm³/mol. The van der Waals surface area contributed by atoms with Gasteiger partial charge in [-0.3, -0.25) is 9.20 Å². The van der Waals surface area contributed by atoms with Crippen LogP contribution in [0.15, 0.2) is 59.9 Å². The summed E-state index contributed by atoms with van der Waals surface area (Å²) in [6.45, 7) is 4.52. The lowest BCUT2D eigenvalue weighted by atomic mass is 10.2. The van der Waals surface area contributed by atoms with Crippen molar-refractivity contribution in [3.8, 4) is 0 Å². The smallest absolute Gasteiger partial charge is 0.240 e. The molecule has 1 aromatic carbocycles. The van der Waals surface area contributed by atoms with Crippen LogP contribution in [-0.4, -0.2) is 32.3 Å². The molecule has 0 fully saturated rings. The average molecular weight is 326 g/mol. The fourth-order valence-corrected chi connectivity index (χ4v) is 3.30. The van der Waals surface area contributed by atoms with Crippen LogP contribution in [0.2, 0.25) is 0 Å². The van der Waals surface area contributed by atoms with E-state index in [1.54, 1.807) is 4.90 Å². The number of amides is 1. The Morgan fingerprint density at radius 2 is 1.91 bits per heavy atom. The molecule has 23 heavy (non-hydrogen) atoms. The first kappa shape index (κ1) is 15.6. The Morgan fingerprint density at radius 1 is 1.17 bits per heavy atom. The van der Waals surface area contributed by atoms with Crippen LogP contribution in [0, 0.1) is 0 Å². The van der Waals surface area contributed by atoms with Gasteiger partial charge in [0.05, 0.1) is 5.25 Å². The Kier molecular flexibility index (Phi) is 4.62. The molecular formula is C17H18N4OS. The SMILES string of the molecule is CCN(C(=O)[C@H](C)Sc1nnc2ccccn12)c1ccccc1. The summed E-state index contributed by atoms with van der Waals surface area (Å²) in [4.78, 5) is 14.6. The number of anilines is 1. The molecule has 1 amide bonds. The number of carbonyl (C=O) groups excluding carboxylic acids is 1. The number of pyridine rings is 1. The Morgan fingerprint density at radius 3 is 2.65 bits per heavy atom. The Labute approximate surface area is 139 Å². The van der Waals surface area contributed by atoms with Crippen molar-refractivity contribution in [3.63, 3.8) is 0 Å². The maximum absolute atomic E-state index is 12.8. The second kappa shape index (κ2) is 6.83. The zero-order valence-electron chi connectivity index (χ0n) is 13.1. The van der Waals surface area contributed by atoms with Gasteiger partial charge in [0.1, 0.15) is 0 Å². The summed E-state index contributed by atoms with van der Waals surface area (Å²) in [5, 5.41) is 8.78. The second-order valence-electron chi connectivity index (χ2n) is 5.09. The van der Waals surface area contributed by atoms with Gasteiger partial charge in [0.2, 0.25) is 5.91 Å². The van der Waals surface area contributed by atoms with Gasteiger partial charge in [-0.25, -0.2) is 0 Å². The number of aromatic nitrogens is 3. The van der Waals surface area contributed by atoms with Gasteiger partial charge >= 0.3 is 0 Å². The van der Waals surface area contributed by atoms with Crippen LogP contribution in [0.1, 0.15) is 13.8 Å². The maximum atomic E-state index is 12.8. The minimum absolute atomic E-state index is 0.0661. The van der Waals surface area contributed by atoms with Gasteiger partial charge in [0.15, 0.2) is 10.8 Å². The van der Waals surface area contributed by atoms with Crippen molar-refractivity contribution in [2.24, 2.45) is 0 Å². The highest BCUT2D eigenvalue weighted by molar-refractivity contribution is 8.00. The highest BCUT2D eigenvalue weighted by Gasteiger charge is 2.23. The van der Waals surface area contributed by atoms with Crippen LogP contribution in [0.4, 0.5) is 5.69 Å². The van der Waals surface area contributed by atoms with E-state index >= 15 is 0 Å². The van der Waals surface area contributed by atoms with Gasteiger partial charge in [-0.15, -0.1) is 10.2 Å². The first-order valence-electron chi connectivity index (χ1n) is 7.53. The third kappa shape index (κ3) is 3.22. The van der Waals surface area contributed by atoms with Gasteiger partial charge in [-0.1, -0.05) is 36.0 Å². The lowest BCUT2D eigenvalue weighted by Crippen LogP contribution is -2.36. The number of hydrogen-bond donors (Lipinski definition) is 0. The molecule has 0 spiro atoms. The lowest BCUT2D eigenvalue weighted by molar-refractivity contribution is -0.117. The zero-order valence-corrected chi connectivity index (χ0v) is 13.9. The van der Waals surface area contributed by atoms with E-state index in [-0.39, 0.29) is 11.2 Å². The van der Waals surface area contributed by atoms with Crippen molar-refractivity contribution < 1.29 is 4.79 Å². The van der Waals surface area contributed by atoms with Crippen LogP contribution in [0.25, 0.3) is 5.65 Å². The minimum Gasteiger partial charge on any atom is -0.312 e. The molecule has 0 saturated heterocycles. The molecule has 5 nitrogen and oxygen atoms in total. The second-order valence-corrected chi connectivity index (χ2v) is 6.40. The molecule has 6 heteroatoms. The van der Waals surface area contributed by atoms with Crippen molar-refractivity contribution >= 4 is 29.0 Å². The first-order valence-corrected chi connectivity index (χ1v) is 8.41. The number of hydrogen-bond acceptors (Lipinski definition) is 4. The maximum Gasteiger partial charge on any atom is 0.240 e. The fraction of sp³-hybridized carbons (Fsp3) is 0.235. The largest absolute Gasteiger partial charge is 0.312 e. The van der Waals surface area contributed by atoms with E-state index in [0.29, 0.717) is 6.54 Å². The van der Waals surface area contributed by atoms with Crippen molar-refractivity contribution in [1.29, 1.82) is 0 Å². The van der Waals surface area contributed by atoms with Crippen LogP contribution in [-0.2, 0) is 4.79 Å². The third-order valence-corrected chi connectivity index (χ3v) is 4.61. The molecule has 2 aromatic heterocycles. The number of carbonyl (C=O) groups is 1. The van der Waals surface area contributed by atoms with Gasteiger partial charge in [-0.05, 0) is 38.1 Å². The quantitative estimate of drug-likeness (QED) is 0.675. The van der Waals surface area contributed by atoms with Crippen molar-refractivity contribution in [2.45, 2.75) is 24.3 Å². The van der Waals surface area contributed by atoms with Gasteiger partial charge < -0.3 is 4.90 Å². The monoisotopic (exact) mass is 326 g/mol. The molecule has 118 valence electrons. The number of nitrogens with zero attached hydrogens (tertiary/aromatic N) is 4. The normalized spacial score (nSPS) is 12.3. The summed E-state index contributed by atoms with van der Waals surface area (Å²) >= 11 is 1.42. The van der Waals surface area contributed by atoms with E-state index in [0.717, 1.165) is 16.5 Å². The highest BCUT2D eigenvalue weighted by Crippen LogP contribution is 2.25. The molecule has 0 N–H and O–H groups in total. The van der Waals surface area contributed by atoms with Crippen LogP contribution in [0.3, 0.4) is 0 Å². The first-order chi connectivity index (χ1) is 11.2. The number of thioether (sulfide) groups is 1. The van der Waals surface area contributed by atoms with Gasteiger partial charge in [-0.2, -0.15) is 0 Å². The Hall–Kier alpha value is -2.34. The Bertz CT molecular complexity index is 802. The summed E-state index contributed by atoms with van der Waals surface area (Å²) in [5.41, 5.74) is 1.70. The minimum atomic E-state index is -0.247. The molecule has 0 aliphatic carbocycles. The van der Waals surface area contributed by atoms with Crippen LogP contribution >= 0.6 is 11.8 Å². The number of benzene rings is 1. The topological polar surface area (TPSA) is 50.5 Å². The predicted octanol–water partition coefficient (Wildman–Crippen LogP) is 3.26. The van der Waals surface area contributed by atoms with E-state index in [2.05, 4.69) is 10.2 Å². The molecule has 3 aromatic rings. The molecule has 0 bridgehead atoms. The standard InChI is InChI=1S/C17H18N4OS/c1-3-20(14-9-5-4-6-10-14)16(22)13(2)23-17-19-18-15-11-7-8-12-21(15)17/h4-13H,3H2,1-2H3/t13-/m0/s1. The lowest BCUT2D eigenvalue weighted by Gasteiger charge is -2.23. The van der Waals surface area contributed by atoms with Crippen LogP contribution in [0.5, 0.6) is 0 Å². The zero-order chi connectivity index (χ0) is 16.2. The highest BCUT2D eigenvalue weighted by atomic mass is 32.2. The number of rotatable bonds is 5. The van der Waals surface area contributed by atoms with E-state index in [1.807, 2.05) is 73.0 Å². The summed E-state index contributed by atoms with van der Waals surface area (Å²) in [6.07, 6.45) is 1.91. The summed E-state index contributed by atoms with van der Waals surface area (Å²) in [7, 11) is 0. The van der Waals surface area contributed by atoms with E-state index in [1.165, 1.54) is 11.8 Å². The van der Waals surface area contributed by atoms with E-state index in [4.69, 9.17) is 0 Å². The molecule has 0 aliphatic heterocycles. The average Bonchev–Trinajstić information content (AvgIpc) is 2.99. The molecule has 1 atom stereocenters. The summed E-state index contributed by atoms with van der Waals surface area (Å²) in [5.74, 6) is 0.0661. The van der Waals surface area contributed by atoms with Crippen LogP contribution < -0.4 is 4.90 Å². The van der Waals surface area contributed by atoms with Gasteiger partial charge in [0.25, 0.3) is 0 Å². The summed E-state index contributed by atoms with van der Waals surface area (Å²) in [6, 6.07) is 15.5. The third-order valence-electron chi connectivity index (χ3n) is 3.56. The Balaban J connectivity index is 1.79. The molecule has 0 saturated carbocycles. The van der Waals surface area contributed by atoms with E-state index in [9.17, 15) is 4.79 Å².